The molecule has 14 nitrogen and oxygen atoms in total. The minimum Gasteiger partial charge on any atom is -0.497 e. The number of benzene rings is 4. The minimum atomic E-state index is -1.07. The average molecular weight is 885 g/mol. The molecule has 6 aromatic rings. The number of nitrogens with one attached hydrogen (secondary N) is 5. The van der Waals surface area contributed by atoms with Crippen LogP contribution in [-0.4, -0.2) is 75.3 Å². The van der Waals surface area contributed by atoms with E-state index in [2.05, 4.69) is 91.4 Å². The fraction of sp³-hybridized carbons (Fsp3) is 0.327. The summed E-state index contributed by atoms with van der Waals surface area (Å²) in [5.41, 5.74) is 3.95. The Morgan fingerprint density at radius 1 is 0.812 bits per heavy atom. The van der Waals surface area contributed by atoms with Gasteiger partial charge in [-0.15, -0.1) is 11.8 Å². The largest absolute Gasteiger partial charge is 0.497 e. The van der Waals surface area contributed by atoms with Crippen molar-refractivity contribution in [1.82, 2.24) is 30.6 Å². The lowest BCUT2D eigenvalue weighted by Crippen LogP contribution is -2.45. The Labute approximate surface area is 377 Å². The minimum absolute atomic E-state index is 0.0194. The summed E-state index contributed by atoms with van der Waals surface area (Å²) in [7, 11) is 1.65. The van der Waals surface area contributed by atoms with Crippen LogP contribution in [0.15, 0.2) is 120 Å². The van der Waals surface area contributed by atoms with Crippen molar-refractivity contribution in [1.29, 1.82) is 0 Å². The van der Waals surface area contributed by atoms with Crippen molar-refractivity contribution < 1.29 is 23.9 Å². The van der Waals surface area contributed by atoms with E-state index in [1.165, 1.54) is 0 Å². The number of carbonyl (C=O) groups is 3. The van der Waals surface area contributed by atoms with Crippen LogP contribution in [0.5, 0.6) is 5.75 Å². The first-order chi connectivity index (χ1) is 30.7. The number of thioether (sulfide) groups is 1. The molecule has 334 valence electrons. The number of rotatable bonds is 20. The Morgan fingerprint density at radius 2 is 1.45 bits per heavy atom. The van der Waals surface area contributed by atoms with Gasteiger partial charge < -0.3 is 30.7 Å². The number of hydrogen-bond acceptors (Lipinski definition) is 12. The molecule has 0 aliphatic rings. The predicted octanol–water partition coefficient (Wildman–Crippen LogP) is 7.46. The van der Waals surface area contributed by atoms with Crippen LogP contribution in [0.4, 0.5) is 11.6 Å². The summed E-state index contributed by atoms with van der Waals surface area (Å²) in [6, 6.07) is 34.3. The lowest BCUT2D eigenvalue weighted by atomic mass is 9.84. The molecular weight excluding hydrogens is 829 g/mol. The Bertz CT molecular complexity index is 2510. The van der Waals surface area contributed by atoms with Crippen molar-refractivity contribution in [2.24, 2.45) is 5.92 Å². The highest BCUT2D eigenvalue weighted by Crippen LogP contribution is 2.48. The monoisotopic (exact) mass is 884 g/mol. The van der Waals surface area contributed by atoms with Gasteiger partial charge in [-0.3, -0.25) is 19.4 Å². The summed E-state index contributed by atoms with van der Waals surface area (Å²) in [5, 5.41) is 12.1. The number of fused-ring (bicyclic) bond motifs is 1. The Balaban J connectivity index is 1.06. The van der Waals surface area contributed by atoms with E-state index in [4.69, 9.17) is 9.47 Å². The molecule has 0 radical (unpaired) electrons. The molecule has 0 spiro atoms. The van der Waals surface area contributed by atoms with Crippen LogP contribution in [0.3, 0.4) is 0 Å². The highest BCUT2D eigenvalue weighted by Gasteiger charge is 2.37. The molecule has 1 atom stereocenters. The van der Waals surface area contributed by atoms with Gasteiger partial charge in [0.25, 0.3) is 11.5 Å². The molecule has 2 aromatic heterocycles. The predicted molar refractivity (Wildman–Crippen MR) is 253 cm³/mol. The molecule has 0 saturated heterocycles. The van der Waals surface area contributed by atoms with Crippen molar-refractivity contribution >= 4 is 52.3 Å². The molecule has 0 saturated carbocycles. The van der Waals surface area contributed by atoms with E-state index in [-0.39, 0.29) is 36.5 Å². The Hall–Kier alpha value is -6.74. The third-order valence-corrected chi connectivity index (χ3v) is 11.6. The topological polar surface area (TPSA) is 189 Å². The number of hydrogen-bond donors (Lipinski definition) is 5. The summed E-state index contributed by atoms with van der Waals surface area (Å²) in [5.74, 6) is 0.658. The number of esters is 1. The van der Waals surface area contributed by atoms with Crippen LogP contribution in [0.1, 0.15) is 80.2 Å². The summed E-state index contributed by atoms with van der Waals surface area (Å²) in [6.45, 7) is 10.6. The van der Waals surface area contributed by atoms with Gasteiger partial charge in [0.15, 0.2) is 11.2 Å². The number of ether oxygens (including phenoxy) is 2. The van der Waals surface area contributed by atoms with E-state index >= 15 is 0 Å². The van der Waals surface area contributed by atoms with Crippen molar-refractivity contribution in [3.63, 3.8) is 0 Å². The normalized spacial score (nSPS) is 12.0. The molecule has 15 heteroatoms. The average Bonchev–Trinajstić information content (AvgIpc) is 3.29. The molecule has 0 aliphatic carbocycles. The van der Waals surface area contributed by atoms with Crippen molar-refractivity contribution in [3.05, 3.63) is 154 Å². The van der Waals surface area contributed by atoms with Crippen LogP contribution in [0, 0.1) is 5.92 Å². The van der Waals surface area contributed by atoms with Crippen LogP contribution in [-0.2, 0) is 25.6 Å². The Kier molecular flexibility index (Phi) is 15.8. The second-order valence-corrected chi connectivity index (χ2v) is 17.9. The van der Waals surface area contributed by atoms with E-state index in [1.54, 1.807) is 70.1 Å². The van der Waals surface area contributed by atoms with Gasteiger partial charge in [0.05, 0.1) is 30.3 Å². The van der Waals surface area contributed by atoms with Crippen LogP contribution >= 0.6 is 11.8 Å². The molecule has 0 fully saturated rings. The second-order valence-electron chi connectivity index (χ2n) is 16.6. The summed E-state index contributed by atoms with van der Waals surface area (Å²) >= 11 is 1.72. The summed E-state index contributed by atoms with van der Waals surface area (Å²) in [6.07, 6.45) is 1.57. The third-order valence-electron chi connectivity index (χ3n) is 10.0. The van der Waals surface area contributed by atoms with Gasteiger partial charge in [-0.1, -0.05) is 86.6 Å². The number of aromatic nitrogens is 4. The van der Waals surface area contributed by atoms with E-state index < -0.39 is 33.8 Å². The molecule has 0 aliphatic heterocycles. The van der Waals surface area contributed by atoms with Gasteiger partial charge in [-0.2, -0.15) is 4.98 Å². The van der Waals surface area contributed by atoms with E-state index in [9.17, 15) is 19.2 Å². The zero-order valence-corrected chi connectivity index (χ0v) is 37.9. The van der Waals surface area contributed by atoms with Gasteiger partial charge in [-0.05, 0) is 86.2 Å². The standard InChI is InChI=1S/C49H56N8O6S/c1-32(2)29-53-47-56-43-42(45(60)57-47)54-38(31-52-43)30-51-37-21-17-33(18-22-37)44(59)55-40(46(61)63-48(3,4)5)25-26-41(58)50-27-28-64-49(34-13-9-7-10-14-34,35-15-11-8-12-16-35)36-19-23-39(62-6)24-20-36/h7-24,31-32,40,51H,25-30H2,1-6H3,(H,50,58)(H,55,59)(H2,52,53,56,57,60)/t40-/m0/s1. The highest BCUT2D eigenvalue weighted by atomic mass is 32.2. The van der Waals surface area contributed by atoms with Crippen molar-refractivity contribution in [2.45, 2.75) is 70.4 Å². The van der Waals surface area contributed by atoms with Gasteiger partial charge in [0.2, 0.25) is 11.9 Å². The summed E-state index contributed by atoms with van der Waals surface area (Å²) < 4.78 is 10.5. The molecule has 0 unspecified atom stereocenters. The maximum absolute atomic E-state index is 13.5. The molecule has 5 N–H and O–H groups in total. The SMILES string of the molecule is COc1ccc(C(SCCNC(=O)CC[C@H](NC(=O)c2ccc(NCc3cnc4nc(NCC(C)C)[nH]c(=O)c4n3)cc2)C(=O)OC(C)(C)C)(c2ccccc2)c2ccccc2)cc1. The zero-order valence-electron chi connectivity index (χ0n) is 37.1. The number of H-pyrrole nitrogens is 1. The van der Waals surface area contributed by atoms with E-state index in [0.29, 0.717) is 47.7 Å². The second kappa shape index (κ2) is 21.6. The van der Waals surface area contributed by atoms with Crippen LogP contribution < -0.4 is 31.6 Å². The number of methoxy groups -OCH3 is 1. The maximum Gasteiger partial charge on any atom is 0.329 e. The number of amides is 2. The van der Waals surface area contributed by atoms with Gasteiger partial charge >= 0.3 is 5.97 Å². The molecule has 2 amide bonds. The number of anilines is 2. The third kappa shape index (κ3) is 12.5. The molecular formula is C49H56N8O6S. The first-order valence-electron chi connectivity index (χ1n) is 21.3. The molecule has 64 heavy (non-hydrogen) atoms. The number of nitrogens with zero attached hydrogens (tertiary/aromatic N) is 3. The lowest BCUT2D eigenvalue weighted by molar-refractivity contribution is -0.157. The first kappa shape index (κ1) is 46.8. The Morgan fingerprint density at radius 3 is 2.06 bits per heavy atom. The summed E-state index contributed by atoms with van der Waals surface area (Å²) in [4.78, 5) is 68.7. The number of aromatic amines is 1. The fourth-order valence-corrected chi connectivity index (χ4v) is 8.32. The number of carbonyl (C=O) groups excluding carboxylic acids is 3. The van der Waals surface area contributed by atoms with E-state index in [1.807, 2.05) is 48.5 Å². The first-order valence-corrected chi connectivity index (χ1v) is 22.3. The van der Waals surface area contributed by atoms with E-state index in [0.717, 1.165) is 22.4 Å². The fourth-order valence-electron chi connectivity index (χ4n) is 6.90. The zero-order chi connectivity index (χ0) is 45.7. The van der Waals surface area contributed by atoms with Gasteiger partial charge in [0.1, 0.15) is 17.4 Å². The lowest BCUT2D eigenvalue weighted by Gasteiger charge is -2.35. The maximum atomic E-state index is 13.5. The van der Waals surface area contributed by atoms with Gasteiger partial charge in [0, 0.05) is 36.5 Å². The quantitative estimate of drug-likeness (QED) is 0.0290. The van der Waals surface area contributed by atoms with Gasteiger partial charge in [-0.25, -0.2) is 14.8 Å². The van der Waals surface area contributed by atoms with Crippen molar-refractivity contribution in [3.8, 4) is 5.75 Å². The molecule has 6 rings (SSSR count). The van der Waals surface area contributed by atoms with Crippen LogP contribution in [0.25, 0.3) is 11.2 Å². The van der Waals surface area contributed by atoms with Crippen LogP contribution in [0.2, 0.25) is 0 Å². The molecule has 0 bridgehead atoms. The van der Waals surface area contributed by atoms with Crippen molar-refractivity contribution in [2.75, 3.05) is 36.6 Å². The molecule has 2 heterocycles. The highest BCUT2D eigenvalue weighted by molar-refractivity contribution is 8.00. The smallest absolute Gasteiger partial charge is 0.329 e. The molecule has 4 aromatic carbocycles.